The van der Waals surface area contributed by atoms with Crippen molar-refractivity contribution in [2.75, 3.05) is 11.3 Å². The number of carbonyl (C=O) groups is 1. The molecule has 0 amide bonds. The molecule has 1 aromatic carbocycles. The van der Waals surface area contributed by atoms with Gasteiger partial charge in [0.25, 0.3) is 0 Å². The minimum atomic E-state index is -4.11. The van der Waals surface area contributed by atoms with Crippen molar-refractivity contribution in [3.63, 3.8) is 0 Å². The Labute approximate surface area is 133 Å². The van der Waals surface area contributed by atoms with Crippen LogP contribution in [0.5, 0.6) is 0 Å². The molecule has 0 bridgehead atoms. The standard InChI is InChI=1S/C15H17F2NO4S/c1-2-22-15(19)11-5-3-4-6-14(11)23(20,21)18-13-9-10(16)7-8-12(13)17/h5,7-9,14,18H,2-4,6H2,1H3. The first kappa shape index (κ1) is 17.4. The van der Waals surface area contributed by atoms with E-state index in [1.165, 1.54) is 6.08 Å². The van der Waals surface area contributed by atoms with Crippen molar-refractivity contribution >= 4 is 21.7 Å². The van der Waals surface area contributed by atoms with Crippen LogP contribution < -0.4 is 4.72 Å². The van der Waals surface area contributed by atoms with E-state index in [2.05, 4.69) is 0 Å². The zero-order chi connectivity index (χ0) is 17.0. The number of sulfonamides is 1. The second-order valence-corrected chi connectivity index (χ2v) is 6.93. The highest BCUT2D eigenvalue weighted by Gasteiger charge is 2.35. The highest BCUT2D eigenvalue weighted by molar-refractivity contribution is 7.93. The molecule has 0 fully saturated rings. The fraction of sp³-hybridized carbons (Fsp3) is 0.400. The average Bonchev–Trinajstić information content (AvgIpc) is 2.51. The third-order valence-corrected chi connectivity index (χ3v) is 5.19. The van der Waals surface area contributed by atoms with Gasteiger partial charge in [0, 0.05) is 6.07 Å². The zero-order valence-corrected chi connectivity index (χ0v) is 13.3. The molecule has 1 aromatic rings. The summed E-state index contributed by atoms with van der Waals surface area (Å²) in [6.45, 7) is 1.74. The third-order valence-electron chi connectivity index (χ3n) is 3.45. The number of benzene rings is 1. The molecule has 0 saturated heterocycles. The van der Waals surface area contributed by atoms with E-state index in [9.17, 15) is 22.0 Å². The van der Waals surface area contributed by atoms with Gasteiger partial charge >= 0.3 is 5.97 Å². The van der Waals surface area contributed by atoms with E-state index in [-0.39, 0.29) is 18.6 Å². The van der Waals surface area contributed by atoms with Gasteiger partial charge < -0.3 is 4.74 Å². The molecule has 0 radical (unpaired) electrons. The van der Waals surface area contributed by atoms with E-state index >= 15 is 0 Å². The summed E-state index contributed by atoms with van der Waals surface area (Å²) in [5, 5.41) is -1.15. The lowest BCUT2D eigenvalue weighted by atomic mass is 9.99. The molecule has 0 aromatic heterocycles. The largest absolute Gasteiger partial charge is 0.463 e. The van der Waals surface area contributed by atoms with E-state index in [4.69, 9.17) is 4.74 Å². The van der Waals surface area contributed by atoms with Crippen molar-refractivity contribution in [1.29, 1.82) is 0 Å². The molecular weight excluding hydrogens is 328 g/mol. The Morgan fingerprint density at radius 2 is 2.13 bits per heavy atom. The first-order chi connectivity index (χ1) is 10.8. The Kier molecular flexibility index (Phi) is 5.35. The highest BCUT2D eigenvalue weighted by atomic mass is 32.2. The van der Waals surface area contributed by atoms with Crippen LogP contribution >= 0.6 is 0 Å². The Morgan fingerprint density at radius 3 is 2.83 bits per heavy atom. The molecule has 1 aliphatic rings. The number of halogens is 2. The maximum Gasteiger partial charge on any atom is 0.335 e. The second-order valence-electron chi connectivity index (χ2n) is 5.07. The normalized spacial score (nSPS) is 18.2. The molecule has 0 heterocycles. The van der Waals surface area contributed by atoms with Gasteiger partial charge in [-0.2, -0.15) is 0 Å². The lowest BCUT2D eigenvalue weighted by Gasteiger charge is -2.23. The quantitative estimate of drug-likeness (QED) is 0.833. The third kappa shape index (κ3) is 4.07. The highest BCUT2D eigenvalue weighted by Crippen LogP contribution is 2.28. The van der Waals surface area contributed by atoms with E-state index in [1.807, 2.05) is 4.72 Å². The predicted octanol–water partition coefficient (Wildman–Crippen LogP) is 2.75. The average molecular weight is 345 g/mol. The van der Waals surface area contributed by atoms with Crippen molar-refractivity contribution < 1.29 is 26.7 Å². The molecule has 8 heteroatoms. The first-order valence-corrected chi connectivity index (χ1v) is 8.73. The van der Waals surface area contributed by atoms with Crippen LogP contribution in [0, 0.1) is 11.6 Å². The van der Waals surface area contributed by atoms with Gasteiger partial charge in [0.15, 0.2) is 0 Å². The Hall–Kier alpha value is -1.96. The summed E-state index contributed by atoms with van der Waals surface area (Å²) in [5.74, 6) is -2.37. The minimum Gasteiger partial charge on any atom is -0.463 e. The zero-order valence-electron chi connectivity index (χ0n) is 12.5. The van der Waals surface area contributed by atoms with Crippen LogP contribution in [0.25, 0.3) is 0 Å². The van der Waals surface area contributed by atoms with E-state index in [0.717, 1.165) is 18.2 Å². The number of esters is 1. The van der Waals surface area contributed by atoms with Crippen LogP contribution in [-0.4, -0.2) is 26.2 Å². The molecule has 1 unspecified atom stereocenters. The van der Waals surface area contributed by atoms with Crippen molar-refractivity contribution in [1.82, 2.24) is 0 Å². The maximum absolute atomic E-state index is 13.6. The fourth-order valence-electron chi connectivity index (χ4n) is 2.40. The van der Waals surface area contributed by atoms with E-state index < -0.39 is 38.6 Å². The van der Waals surface area contributed by atoms with E-state index in [0.29, 0.717) is 12.8 Å². The van der Waals surface area contributed by atoms with Crippen LogP contribution in [0.15, 0.2) is 29.8 Å². The summed E-state index contributed by atoms with van der Waals surface area (Å²) in [4.78, 5) is 11.9. The number of hydrogen-bond donors (Lipinski definition) is 1. The van der Waals surface area contributed by atoms with Gasteiger partial charge in [0.1, 0.15) is 16.9 Å². The van der Waals surface area contributed by atoms with Crippen LogP contribution in [0.3, 0.4) is 0 Å². The van der Waals surface area contributed by atoms with Crippen molar-refractivity contribution in [2.24, 2.45) is 0 Å². The number of rotatable bonds is 5. The summed E-state index contributed by atoms with van der Waals surface area (Å²) in [7, 11) is -4.11. The molecule has 5 nitrogen and oxygen atoms in total. The minimum absolute atomic E-state index is 0.0300. The molecule has 1 aliphatic carbocycles. The van der Waals surface area contributed by atoms with Gasteiger partial charge in [-0.1, -0.05) is 6.08 Å². The molecular formula is C15H17F2NO4S. The lowest BCUT2D eigenvalue weighted by Crippen LogP contribution is -2.35. The first-order valence-electron chi connectivity index (χ1n) is 7.19. The van der Waals surface area contributed by atoms with Crippen molar-refractivity contribution in [3.8, 4) is 0 Å². The maximum atomic E-state index is 13.6. The number of hydrogen-bond acceptors (Lipinski definition) is 4. The van der Waals surface area contributed by atoms with Crippen LogP contribution in [0.4, 0.5) is 14.5 Å². The smallest absolute Gasteiger partial charge is 0.335 e. The number of anilines is 1. The van der Waals surface area contributed by atoms with Gasteiger partial charge in [-0.15, -0.1) is 0 Å². The molecule has 2 rings (SSSR count). The number of allylic oxidation sites excluding steroid dienone is 1. The fourth-order valence-corrected chi connectivity index (χ4v) is 4.01. The Balaban J connectivity index is 2.30. The summed E-state index contributed by atoms with van der Waals surface area (Å²) in [5.41, 5.74) is -0.457. The number of carbonyl (C=O) groups excluding carboxylic acids is 1. The molecule has 23 heavy (non-hydrogen) atoms. The van der Waals surface area contributed by atoms with Gasteiger partial charge in [0.2, 0.25) is 10.0 Å². The molecule has 0 spiro atoms. The second kappa shape index (κ2) is 7.08. The molecule has 1 atom stereocenters. The van der Waals surface area contributed by atoms with Crippen molar-refractivity contribution in [3.05, 3.63) is 41.5 Å². The topological polar surface area (TPSA) is 72.5 Å². The van der Waals surface area contributed by atoms with Gasteiger partial charge in [-0.3, -0.25) is 4.72 Å². The summed E-state index contributed by atoms with van der Waals surface area (Å²) >= 11 is 0. The Bertz CT molecular complexity index is 731. The summed E-state index contributed by atoms with van der Waals surface area (Å²) in [6.07, 6.45) is 2.86. The van der Waals surface area contributed by atoms with Crippen LogP contribution in [-0.2, 0) is 19.6 Å². The van der Waals surface area contributed by atoms with Crippen molar-refractivity contribution in [2.45, 2.75) is 31.4 Å². The molecule has 0 saturated carbocycles. The summed E-state index contributed by atoms with van der Waals surface area (Å²) < 4.78 is 58.7. The molecule has 1 N–H and O–H groups in total. The Morgan fingerprint density at radius 1 is 1.39 bits per heavy atom. The molecule has 0 aliphatic heterocycles. The number of nitrogens with one attached hydrogen (secondary N) is 1. The van der Waals surface area contributed by atoms with Gasteiger partial charge in [-0.25, -0.2) is 22.0 Å². The van der Waals surface area contributed by atoms with E-state index in [1.54, 1.807) is 6.92 Å². The van der Waals surface area contributed by atoms with Crippen LogP contribution in [0.1, 0.15) is 26.2 Å². The lowest BCUT2D eigenvalue weighted by molar-refractivity contribution is -0.138. The number of ether oxygens (including phenoxy) is 1. The molecule has 126 valence electrons. The SMILES string of the molecule is CCOC(=O)C1=CCCCC1S(=O)(=O)Nc1cc(F)ccc1F. The summed E-state index contributed by atoms with van der Waals surface area (Å²) in [6, 6.07) is 2.47. The van der Waals surface area contributed by atoms with Gasteiger partial charge in [-0.05, 0) is 38.3 Å². The monoisotopic (exact) mass is 345 g/mol. The van der Waals surface area contributed by atoms with Crippen LogP contribution in [0.2, 0.25) is 0 Å². The van der Waals surface area contributed by atoms with Gasteiger partial charge in [0.05, 0.1) is 17.9 Å². The predicted molar refractivity (Wildman–Crippen MR) is 81.3 cm³/mol.